The maximum Gasteiger partial charge on any atom is 0.471 e. The highest BCUT2D eigenvalue weighted by molar-refractivity contribution is 6.14. The molecule has 0 saturated carbocycles. The number of hydrogen-bond acceptors (Lipinski definition) is 6. The van der Waals surface area contributed by atoms with Crippen LogP contribution in [0.2, 0.25) is 0 Å². The Hall–Kier alpha value is -4.56. The number of anilines is 3. The molecular weight excluding hydrogens is 623 g/mol. The normalized spacial score (nSPS) is 16.7. The largest absolute Gasteiger partial charge is 0.471 e. The Morgan fingerprint density at radius 1 is 0.915 bits per heavy atom. The minimum atomic E-state index is -5.22. The van der Waals surface area contributed by atoms with Crippen LogP contribution in [0.15, 0.2) is 59.6 Å². The van der Waals surface area contributed by atoms with Crippen molar-refractivity contribution in [1.82, 2.24) is 4.90 Å². The van der Waals surface area contributed by atoms with Crippen LogP contribution in [-0.2, 0) is 16.0 Å². The van der Waals surface area contributed by atoms with Crippen LogP contribution in [0.1, 0.15) is 39.9 Å². The van der Waals surface area contributed by atoms with Crippen LogP contribution in [0.3, 0.4) is 0 Å². The van der Waals surface area contributed by atoms with Gasteiger partial charge in [-0.3, -0.25) is 9.59 Å². The second-order valence-electron chi connectivity index (χ2n) is 11.7. The van der Waals surface area contributed by atoms with E-state index in [1.54, 1.807) is 12.1 Å². The van der Waals surface area contributed by atoms with E-state index in [9.17, 15) is 31.5 Å². The van der Waals surface area contributed by atoms with Gasteiger partial charge in [0, 0.05) is 68.4 Å². The first kappa shape index (κ1) is 33.8. The van der Waals surface area contributed by atoms with Gasteiger partial charge in [-0.05, 0) is 79.9 Å². The van der Waals surface area contributed by atoms with E-state index < -0.39 is 35.7 Å². The summed E-state index contributed by atoms with van der Waals surface area (Å²) in [6.45, 7) is 2.92. The summed E-state index contributed by atoms with van der Waals surface area (Å²) in [6.07, 6.45) is -4.83. The van der Waals surface area contributed by atoms with E-state index in [1.165, 1.54) is 36.4 Å². The molecule has 2 heterocycles. The third-order valence-corrected chi connectivity index (χ3v) is 8.30. The summed E-state index contributed by atoms with van der Waals surface area (Å²) in [7, 11) is 1.96. The number of piperazine rings is 1. The minimum absolute atomic E-state index is 0.112. The van der Waals surface area contributed by atoms with Gasteiger partial charge in [-0.2, -0.15) is 18.2 Å². The van der Waals surface area contributed by atoms with Crippen LogP contribution in [0.25, 0.3) is 0 Å². The van der Waals surface area contributed by atoms with E-state index >= 15 is 0 Å². The lowest BCUT2D eigenvalue weighted by Crippen LogP contribution is -2.50. The van der Waals surface area contributed by atoms with E-state index in [0.717, 1.165) is 19.2 Å². The van der Waals surface area contributed by atoms with Crippen molar-refractivity contribution in [3.63, 3.8) is 0 Å². The first-order chi connectivity index (χ1) is 22.3. The number of alkyl halides is 3. The molecule has 2 saturated heterocycles. The molecule has 0 bridgehead atoms. The fourth-order valence-electron chi connectivity index (χ4n) is 5.83. The molecular formula is C33H35F5N6O3. The SMILES string of the molecule is CN1CCN(c2ccc(C(=O)N=C(N)c3cc(Cc4cc(F)cc(F)c4)ccc3N)c(N(C(=O)C(F)(F)F)C3CCOCC3)c2)CC1. The highest BCUT2D eigenvalue weighted by Gasteiger charge is 2.46. The number of nitrogen functional groups attached to an aromatic ring is 1. The van der Waals surface area contributed by atoms with Gasteiger partial charge in [-0.1, -0.05) is 6.07 Å². The lowest BCUT2D eigenvalue weighted by Gasteiger charge is -2.37. The Morgan fingerprint density at radius 2 is 1.57 bits per heavy atom. The fourth-order valence-corrected chi connectivity index (χ4v) is 5.83. The molecule has 2 fully saturated rings. The van der Waals surface area contributed by atoms with Crippen LogP contribution < -0.4 is 21.3 Å². The van der Waals surface area contributed by atoms with Crippen molar-refractivity contribution in [3.05, 3.63) is 88.5 Å². The van der Waals surface area contributed by atoms with Gasteiger partial charge in [0.15, 0.2) is 0 Å². The molecule has 47 heavy (non-hydrogen) atoms. The Bertz CT molecular complexity index is 1650. The lowest BCUT2D eigenvalue weighted by atomic mass is 10.0. The topological polar surface area (TPSA) is 117 Å². The smallest absolute Gasteiger partial charge is 0.398 e. The van der Waals surface area contributed by atoms with Gasteiger partial charge in [0.25, 0.3) is 5.91 Å². The Balaban J connectivity index is 1.54. The summed E-state index contributed by atoms with van der Waals surface area (Å²) in [5.41, 5.74) is 13.6. The molecule has 9 nitrogen and oxygen atoms in total. The highest BCUT2D eigenvalue weighted by atomic mass is 19.4. The summed E-state index contributed by atoms with van der Waals surface area (Å²) < 4.78 is 75.0. The van der Waals surface area contributed by atoms with Crippen LogP contribution in [0.5, 0.6) is 0 Å². The third kappa shape index (κ3) is 8.06. The molecule has 0 spiro atoms. The van der Waals surface area contributed by atoms with Gasteiger partial charge in [-0.25, -0.2) is 8.78 Å². The molecule has 0 unspecified atom stereocenters. The fraction of sp³-hybridized carbons (Fsp3) is 0.364. The molecule has 2 aliphatic rings. The molecule has 2 amide bonds. The number of carbonyl (C=O) groups excluding carboxylic acids is 2. The predicted molar refractivity (Wildman–Crippen MR) is 169 cm³/mol. The van der Waals surface area contributed by atoms with Crippen molar-refractivity contribution in [2.75, 3.05) is 62.0 Å². The van der Waals surface area contributed by atoms with Crippen molar-refractivity contribution in [1.29, 1.82) is 0 Å². The van der Waals surface area contributed by atoms with E-state index in [-0.39, 0.29) is 60.8 Å². The quantitative estimate of drug-likeness (QED) is 0.166. The number of amides is 2. The standard InChI is InChI=1S/C33H35F5N6O3/c1-42-8-10-43(11-9-42)25-3-4-26(29(19-25)44(32(46)33(36,37)38)24-6-12-47-13-7-24)31(45)41-30(40)27-17-20(2-5-28(27)39)14-21-15-22(34)18-23(35)16-21/h2-5,15-19,24H,6-14,39H2,1H3,(H2,40,41,45). The van der Waals surface area contributed by atoms with Crippen LogP contribution in [-0.4, -0.2) is 81.2 Å². The number of nitrogens with zero attached hydrogens (tertiary/aromatic N) is 4. The van der Waals surface area contributed by atoms with Crippen molar-refractivity contribution in [2.45, 2.75) is 31.5 Å². The van der Waals surface area contributed by atoms with E-state index in [1.807, 2.05) is 11.9 Å². The maximum atomic E-state index is 14.1. The zero-order valence-corrected chi connectivity index (χ0v) is 25.7. The predicted octanol–water partition coefficient (Wildman–Crippen LogP) is 4.51. The van der Waals surface area contributed by atoms with Gasteiger partial charge in [0.2, 0.25) is 0 Å². The van der Waals surface area contributed by atoms with Crippen molar-refractivity contribution < 1.29 is 36.3 Å². The van der Waals surface area contributed by atoms with Crippen LogP contribution in [0.4, 0.5) is 39.0 Å². The first-order valence-electron chi connectivity index (χ1n) is 15.1. The number of carbonyl (C=O) groups is 2. The number of rotatable bonds is 7. The number of ether oxygens (including phenoxy) is 1. The molecule has 0 radical (unpaired) electrons. The van der Waals surface area contributed by atoms with Gasteiger partial charge >= 0.3 is 12.1 Å². The number of halogens is 5. The number of amidine groups is 1. The second-order valence-corrected chi connectivity index (χ2v) is 11.7. The molecule has 250 valence electrons. The van der Waals surface area contributed by atoms with E-state index in [2.05, 4.69) is 9.89 Å². The van der Waals surface area contributed by atoms with Crippen molar-refractivity contribution in [2.24, 2.45) is 10.7 Å². The number of aliphatic imine (C=N–C) groups is 1. The zero-order chi connectivity index (χ0) is 33.9. The third-order valence-electron chi connectivity index (χ3n) is 8.30. The van der Waals surface area contributed by atoms with Gasteiger partial charge < -0.3 is 30.9 Å². The summed E-state index contributed by atoms with van der Waals surface area (Å²) in [5.74, 6) is -4.89. The van der Waals surface area contributed by atoms with E-state index in [4.69, 9.17) is 16.2 Å². The van der Waals surface area contributed by atoms with Gasteiger partial charge in [0.1, 0.15) is 17.5 Å². The maximum absolute atomic E-state index is 14.1. The minimum Gasteiger partial charge on any atom is -0.398 e. The Morgan fingerprint density at radius 3 is 2.21 bits per heavy atom. The van der Waals surface area contributed by atoms with Gasteiger partial charge in [-0.15, -0.1) is 0 Å². The average Bonchev–Trinajstić information content (AvgIpc) is 3.02. The zero-order valence-electron chi connectivity index (χ0n) is 25.7. The molecule has 0 aromatic heterocycles. The van der Waals surface area contributed by atoms with Crippen LogP contribution in [0, 0.1) is 11.6 Å². The second kappa shape index (κ2) is 14.1. The monoisotopic (exact) mass is 658 g/mol. The number of benzene rings is 3. The molecule has 5 rings (SSSR count). The summed E-state index contributed by atoms with van der Waals surface area (Å²) in [6, 6.07) is 11.3. The van der Waals surface area contributed by atoms with Crippen molar-refractivity contribution in [3.8, 4) is 0 Å². The van der Waals surface area contributed by atoms with Gasteiger partial charge in [0.05, 0.1) is 11.3 Å². The Labute approximate surface area is 268 Å². The van der Waals surface area contributed by atoms with Crippen LogP contribution >= 0.6 is 0 Å². The number of likely N-dealkylation sites (N-methyl/N-ethyl adjacent to an activating group) is 1. The molecule has 4 N–H and O–H groups in total. The molecule has 0 atom stereocenters. The summed E-state index contributed by atoms with van der Waals surface area (Å²) in [5, 5.41) is 0. The highest BCUT2D eigenvalue weighted by Crippen LogP contribution is 2.35. The summed E-state index contributed by atoms with van der Waals surface area (Å²) >= 11 is 0. The molecule has 14 heteroatoms. The molecule has 3 aromatic carbocycles. The number of hydrogen-bond donors (Lipinski definition) is 2. The lowest BCUT2D eigenvalue weighted by molar-refractivity contribution is -0.171. The van der Waals surface area contributed by atoms with E-state index in [0.29, 0.717) is 34.8 Å². The average molecular weight is 659 g/mol. The molecule has 3 aromatic rings. The Kier molecular flexibility index (Phi) is 10.1. The molecule has 2 aliphatic heterocycles. The number of nitrogens with two attached hydrogens (primary N) is 2. The molecule has 0 aliphatic carbocycles. The summed E-state index contributed by atoms with van der Waals surface area (Å²) in [4.78, 5) is 35.5. The van der Waals surface area contributed by atoms with Crippen molar-refractivity contribution >= 4 is 34.7 Å². The first-order valence-corrected chi connectivity index (χ1v) is 15.1.